The second-order valence-corrected chi connectivity index (χ2v) is 8.24. The molecule has 1 fully saturated rings. The van der Waals surface area contributed by atoms with Gasteiger partial charge in [-0.15, -0.1) is 0 Å². The lowest BCUT2D eigenvalue weighted by Crippen LogP contribution is -2.49. The summed E-state index contributed by atoms with van der Waals surface area (Å²) in [6.07, 6.45) is -0.184. The van der Waals surface area contributed by atoms with Crippen LogP contribution in [0.25, 0.3) is 0 Å². The quantitative estimate of drug-likeness (QED) is 0.729. The first-order valence-corrected chi connectivity index (χ1v) is 7.86. The van der Waals surface area contributed by atoms with Crippen LogP contribution < -0.4 is 0 Å². The van der Waals surface area contributed by atoms with Crippen molar-refractivity contribution in [1.29, 1.82) is 0 Å². The van der Waals surface area contributed by atoms with E-state index < -0.39 is 0 Å². The molecule has 0 N–H and O–H groups in total. The monoisotopic (exact) mass is 291 g/mol. The molecule has 1 amide bonds. The molecule has 0 saturated carbocycles. The molecule has 1 aromatic rings. The third-order valence-electron chi connectivity index (χ3n) is 3.85. The molecule has 1 saturated heterocycles. The van der Waals surface area contributed by atoms with Crippen LogP contribution in [0.4, 0.5) is 0 Å². The number of hydrogen-bond acceptors (Lipinski definition) is 3. The fraction of sp³-hybridized carbons (Fsp3) is 0.562. The maximum atomic E-state index is 12.9. The normalized spacial score (nSPS) is 28.2. The van der Waals surface area contributed by atoms with Gasteiger partial charge < -0.3 is 4.74 Å². The second-order valence-electron chi connectivity index (χ2n) is 7.12. The highest BCUT2D eigenvalue weighted by Crippen LogP contribution is 2.50. The van der Waals surface area contributed by atoms with Crippen LogP contribution in [0.15, 0.2) is 29.2 Å². The minimum absolute atomic E-state index is 0.0362. The van der Waals surface area contributed by atoms with E-state index in [1.54, 1.807) is 11.8 Å². The summed E-state index contributed by atoms with van der Waals surface area (Å²) in [6, 6.07) is 7.84. The van der Waals surface area contributed by atoms with E-state index in [0.717, 1.165) is 10.5 Å². The number of carbonyl (C=O) groups excluding carboxylic acids is 1. The number of amides is 1. The van der Waals surface area contributed by atoms with Gasteiger partial charge in [-0.1, -0.05) is 44.7 Å². The SMILES string of the molecule is CC(C)(C)C1OC(C)(C)C2Sc3ccccc3C(=O)N12. The lowest BCUT2D eigenvalue weighted by Gasteiger charge is -2.38. The summed E-state index contributed by atoms with van der Waals surface area (Å²) in [5.41, 5.74) is 0.352. The summed E-state index contributed by atoms with van der Waals surface area (Å²) < 4.78 is 6.25. The van der Waals surface area contributed by atoms with E-state index in [1.807, 2.05) is 29.2 Å². The number of benzene rings is 1. The summed E-state index contributed by atoms with van der Waals surface area (Å²) in [7, 11) is 0. The predicted molar refractivity (Wildman–Crippen MR) is 80.7 cm³/mol. The van der Waals surface area contributed by atoms with Gasteiger partial charge in [-0.05, 0) is 26.0 Å². The lowest BCUT2D eigenvalue weighted by atomic mass is 9.93. The smallest absolute Gasteiger partial charge is 0.258 e. The van der Waals surface area contributed by atoms with E-state index in [2.05, 4.69) is 34.6 Å². The first-order chi connectivity index (χ1) is 9.22. The van der Waals surface area contributed by atoms with Crippen molar-refractivity contribution in [1.82, 2.24) is 4.90 Å². The Kier molecular flexibility index (Phi) is 2.96. The standard InChI is InChI=1S/C16H21NO2S/c1-15(2,3)13-17-12(18)10-8-6-7-9-11(10)20-14(17)16(4,5)19-13/h6-9,13-14H,1-5H3. The van der Waals surface area contributed by atoms with Crippen LogP contribution in [0.3, 0.4) is 0 Å². The Morgan fingerprint density at radius 3 is 2.55 bits per heavy atom. The average molecular weight is 291 g/mol. The van der Waals surface area contributed by atoms with Crippen LogP contribution in [-0.4, -0.2) is 28.0 Å². The minimum atomic E-state index is -0.341. The molecule has 4 heteroatoms. The molecule has 0 bridgehead atoms. The highest BCUT2D eigenvalue weighted by molar-refractivity contribution is 8.00. The fourth-order valence-electron chi connectivity index (χ4n) is 2.87. The van der Waals surface area contributed by atoms with Gasteiger partial charge in [-0.2, -0.15) is 0 Å². The summed E-state index contributed by atoms with van der Waals surface area (Å²) in [5.74, 6) is 0.0925. The molecule has 20 heavy (non-hydrogen) atoms. The van der Waals surface area contributed by atoms with E-state index in [1.165, 1.54) is 0 Å². The molecule has 2 unspecified atom stereocenters. The van der Waals surface area contributed by atoms with E-state index >= 15 is 0 Å². The Morgan fingerprint density at radius 1 is 1.25 bits per heavy atom. The zero-order chi connectivity index (χ0) is 14.7. The zero-order valence-electron chi connectivity index (χ0n) is 12.6. The van der Waals surface area contributed by atoms with E-state index in [-0.39, 0.29) is 28.5 Å². The van der Waals surface area contributed by atoms with Gasteiger partial charge in [-0.3, -0.25) is 9.69 Å². The van der Waals surface area contributed by atoms with Crippen molar-refractivity contribution in [2.24, 2.45) is 5.41 Å². The molecule has 3 rings (SSSR count). The number of thioether (sulfide) groups is 1. The van der Waals surface area contributed by atoms with Crippen molar-refractivity contribution in [3.05, 3.63) is 29.8 Å². The number of carbonyl (C=O) groups is 1. The first kappa shape index (κ1) is 14.0. The van der Waals surface area contributed by atoms with Crippen molar-refractivity contribution in [3.63, 3.8) is 0 Å². The highest BCUT2D eigenvalue weighted by atomic mass is 32.2. The molecule has 2 aliphatic heterocycles. The Bertz CT molecular complexity index is 562. The average Bonchev–Trinajstić information content (AvgIpc) is 2.62. The molecule has 2 heterocycles. The van der Waals surface area contributed by atoms with Crippen molar-refractivity contribution in [3.8, 4) is 0 Å². The number of hydrogen-bond donors (Lipinski definition) is 0. The molecule has 2 atom stereocenters. The Balaban J connectivity index is 2.09. The van der Waals surface area contributed by atoms with Crippen molar-refractivity contribution < 1.29 is 9.53 Å². The van der Waals surface area contributed by atoms with Gasteiger partial charge in [0.15, 0.2) is 0 Å². The van der Waals surface area contributed by atoms with Gasteiger partial charge in [0.1, 0.15) is 11.6 Å². The molecule has 108 valence electrons. The largest absolute Gasteiger partial charge is 0.349 e. The van der Waals surface area contributed by atoms with E-state index in [9.17, 15) is 4.79 Å². The maximum Gasteiger partial charge on any atom is 0.258 e. The van der Waals surface area contributed by atoms with Crippen LogP contribution in [0.2, 0.25) is 0 Å². The summed E-state index contributed by atoms with van der Waals surface area (Å²) in [6.45, 7) is 10.5. The molecule has 2 aliphatic rings. The van der Waals surface area contributed by atoms with Crippen molar-refractivity contribution in [2.45, 2.75) is 56.7 Å². The highest BCUT2D eigenvalue weighted by Gasteiger charge is 2.56. The van der Waals surface area contributed by atoms with Crippen LogP contribution in [0.5, 0.6) is 0 Å². The number of rotatable bonds is 0. The molecule has 0 radical (unpaired) electrons. The van der Waals surface area contributed by atoms with Gasteiger partial charge in [0.2, 0.25) is 0 Å². The Hall–Kier alpha value is -1.00. The molecular weight excluding hydrogens is 270 g/mol. The fourth-order valence-corrected chi connectivity index (χ4v) is 4.21. The van der Waals surface area contributed by atoms with Gasteiger partial charge in [0.25, 0.3) is 5.91 Å². The Morgan fingerprint density at radius 2 is 1.90 bits per heavy atom. The topological polar surface area (TPSA) is 29.5 Å². The number of ether oxygens (including phenoxy) is 1. The minimum Gasteiger partial charge on any atom is -0.349 e. The van der Waals surface area contributed by atoms with Gasteiger partial charge >= 0.3 is 0 Å². The number of nitrogens with zero attached hydrogens (tertiary/aromatic N) is 1. The summed E-state index contributed by atoms with van der Waals surface area (Å²) >= 11 is 1.74. The van der Waals surface area contributed by atoms with Crippen LogP contribution in [0, 0.1) is 5.41 Å². The molecule has 1 aromatic carbocycles. The van der Waals surface area contributed by atoms with Gasteiger partial charge in [0, 0.05) is 10.3 Å². The second kappa shape index (κ2) is 4.25. The van der Waals surface area contributed by atoms with E-state index in [4.69, 9.17) is 4.74 Å². The van der Waals surface area contributed by atoms with Crippen LogP contribution in [-0.2, 0) is 4.74 Å². The van der Waals surface area contributed by atoms with Crippen LogP contribution >= 0.6 is 11.8 Å². The first-order valence-electron chi connectivity index (χ1n) is 6.98. The molecule has 0 aliphatic carbocycles. The third-order valence-corrected chi connectivity index (χ3v) is 5.47. The molecular formula is C16H21NO2S. The number of fused-ring (bicyclic) bond motifs is 2. The predicted octanol–water partition coefficient (Wildman–Crippen LogP) is 3.74. The zero-order valence-corrected chi connectivity index (χ0v) is 13.5. The maximum absolute atomic E-state index is 12.9. The van der Waals surface area contributed by atoms with Crippen LogP contribution in [0.1, 0.15) is 45.0 Å². The van der Waals surface area contributed by atoms with E-state index in [0.29, 0.717) is 0 Å². The lowest BCUT2D eigenvalue weighted by molar-refractivity contribution is -0.0874. The third kappa shape index (κ3) is 1.97. The molecule has 0 aromatic heterocycles. The van der Waals surface area contributed by atoms with Gasteiger partial charge in [0.05, 0.1) is 11.2 Å². The molecule has 3 nitrogen and oxygen atoms in total. The summed E-state index contributed by atoms with van der Waals surface area (Å²) in [5, 5.41) is 0.0362. The Labute approximate surface area is 124 Å². The van der Waals surface area contributed by atoms with Gasteiger partial charge in [-0.25, -0.2) is 0 Å². The summed E-state index contributed by atoms with van der Waals surface area (Å²) in [4.78, 5) is 15.9. The molecule has 0 spiro atoms. The van der Waals surface area contributed by atoms with Crippen molar-refractivity contribution >= 4 is 17.7 Å². The van der Waals surface area contributed by atoms with Crippen molar-refractivity contribution in [2.75, 3.05) is 0 Å².